The number of nitrogens with zero attached hydrogens (tertiary/aromatic N) is 3. The first-order valence-corrected chi connectivity index (χ1v) is 11.3. The molecule has 2 amide bonds. The molecule has 7 nitrogen and oxygen atoms in total. The number of rotatable bonds is 4. The van der Waals surface area contributed by atoms with E-state index < -0.39 is 11.7 Å². The molecule has 1 N–H and O–H groups in total. The minimum atomic E-state index is -0.539. The molecule has 4 rings (SSSR count). The molecular weight excluding hydrogens is 411 g/mol. The van der Waals surface area contributed by atoms with Crippen molar-refractivity contribution in [3.05, 3.63) is 53.1 Å². The highest BCUT2D eigenvalue weighted by molar-refractivity contribution is 5.95. The monoisotopic (exact) mass is 442 g/mol. The molecule has 1 aromatic heterocycles. The maximum atomic E-state index is 13.8. The predicted molar refractivity (Wildman–Crippen MR) is 118 cm³/mol. The van der Waals surface area contributed by atoms with Crippen molar-refractivity contribution in [1.29, 1.82) is 0 Å². The summed E-state index contributed by atoms with van der Waals surface area (Å²) in [5.74, 6) is -0.139. The molecule has 2 atom stereocenters. The Hall–Kier alpha value is -2.90. The Bertz CT molecular complexity index is 997. The van der Waals surface area contributed by atoms with Gasteiger partial charge in [0.25, 0.3) is 5.91 Å². The van der Waals surface area contributed by atoms with Crippen molar-refractivity contribution < 1.29 is 18.7 Å². The van der Waals surface area contributed by atoms with E-state index in [0.29, 0.717) is 31.6 Å². The maximum Gasteiger partial charge on any atom is 0.407 e. The number of alkyl carbamates (subject to hydrolysis) is 1. The Labute approximate surface area is 187 Å². The summed E-state index contributed by atoms with van der Waals surface area (Å²) in [5.41, 5.74) is 1.80. The van der Waals surface area contributed by atoms with Crippen LogP contribution in [0.25, 0.3) is 0 Å². The van der Waals surface area contributed by atoms with Crippen LogP contribution in [0, 0.1) is 11.7 Å². The molecule has 1 saturated heterocycles. The fraction of sp³-hybridized carbons (Fsp3) is 0.542. The molecule has 0 bridgehead atoms. The minimum Gasteiger partial charge on any atom is -0.444 e. The lowest BCUT2D eigenvalue weighted by atomic mass is 9.94. The second-order valence-corrected chi connectivity index (χ2v) is 9.68. The number of hydrogen-bond donors (Lipinski definition) is 1. The van der Waals surface area contributed by atoms with Gasteiger partial charge in [0, 0.05) is 19.6 Å². The van der Waals surface area contributed by atoms with Crippen molar-refractivity contribution in [2.75, 3.05) is 13.1 Å². The zero-order chi connectivity index (χ0) is 22.9. The Morgan fingerprint density at radius 1 is 1.25 bits per heavy atom. The number of ether oxygens (including phenoxy) is 1. The van der Waals surface area contributed by atoms with Gasteiger partial charge in [-0.15, -0.1) is 0 Å². The van der Waals surface area contributed by atoms with Crippen LogP contribution >= 0.6 is 0 Å². The highest BCUT2D eigenvalue weighted by Crippen LogP contribution is 2.34. The smallest absolute Gasteiger partial charge is 0.407 e. The molecule has 3 heterocycles. The summed E-state index contributed by atoms with van der Waals surface area (Å²) in [6.07, 6.45) is 4.47. The molecule has 1 fully saturated rings. The van der Waals surface area contributed by atoms with E-state index in [2.05, 4.69) is 10.4 Å². The van der Waals surface area contributed by atoms with Gasteiger partial charge in [0.1, 0.15) is 11.4 Å². The van der Waals surface area contributed by atoms with Crippen molar-refractivity contribution in [3.63, 3.8) is 0 Å². The summed E-state index contributed by atoms with van der Waals surface area (Å²) < 4.78 is 21.0. The second-order valence-electron chi connectivity index (χ2n) is 9.68. The topological polar surface area (TPSA) is 76.5 Å². The lowest BCUT2D eigenvalue weighted by Crippen LogP contribution is -2.37. The van der Waals surface area contributed by atoms with Gasteiger partial charge in [-0.05, 0) is 70.1 Å². The summed E-state index contributed by atoms with van der Waals surface area (Å²) in [5, 5.41) is 7.28. The summed E-state index contributed by atoms with van der Waals surface area (Å²) in [4.78, 5) is 27.3. The first-order chi connectivity index (χ1) is 15.2. The van der Waals surface area contributed by atoms with Crippen LogP contribution < -0.4 is 5.32 Å². The maximum absolute atomic E-state index is 13.8. The summed E-state index contributed by atoms with van der Waals surface area (Å²) in [6.45, 7) is 7.34. The van der Waals surface area contributed by atoms with E-state index in [-0.39, 0.29) is 23.7 Å². The van der Waals surface area contributed by atoms with E-state index in [1.165, 1.54) is 12.1 Å². The molecule has 2 aliphatic rings. The first kappa shape index (κ1) is 22.3. The number of hydrogen-bond acceptors (Lipinski definition) is 4. The predicted octanol–water partition coefficient (Wildman–Crippen LogP) is 4.09. The quantitative estimate of drug-likeness (QED) is 0.774. The number of halogens is 1. The van der Waals surface area contributed by atoms with Crippen molar-refractivity contribution >= 4 is 12.0 Å². The Morgan fingerprint density at radius 2 is 2.06 bits per heavy atom. The van der Waals surface area contributed by atoms with E-state index in [1.807, 2.05) is 36.4 Å². The zero-order valence-corrected chi connectivity index (χ0v) is 18.9. The number of carbonyl (C=O) groups is 2. The van der Waals surface area contributed by atoms with Gasteiger partial charge in [-0.3, -0.25) is 9.48 Å². The van der Waals surface area contributed by atoms with E-state index in [0.717, 1.165) is 30.5 Å². The highest BCUT2D eigenvalue weighted by atomic mass is 19.1. The number of aryl methyl sites for hydroxylation is 1. The largest absolute Gasteiger partial charge is 0.444 e. The van der Waals surface area contributed by atoms with Crippen LogP contribution in [0.5, 0.6) is 0 Å². The van der Waals surface area contributed by atoms with Crippen LogP contribution in [0.4, 0.5) is 9.18 Å². The number of aromatic nitrogens is 2. The van der Waals surface area contributed by atoms with Crippen molar-refractivity contribution in [1.82, 2.24) is 20.0 Å². The number of fused-ring (bicyclic) bond motifs is 1. The van der Waals surface area contributed by atoms with Gasteiger partial charge in [-0.1, -0.05) is 12.1 Å². The molecule has 2 aromatic rings. The Kier molecular flexibility index (Phi) is 6.22. The third kappa shape index (κ3) is 4.95. The molecule has 0 spiro atoms. The summed E-state index contributed by atoms with van der Waals surface area (Å²) >= 11 is 0. The minimum absolute atomic E-state index is 0.0567. The standard InChI is InChI=1S/C24H31FN4O3/c1-24(2,3)32-23(31)26-14-16-9-11-29-21(12-16)19(15-27-29)22(30)28-10-5-8-20(28)17-6-4-7-18(25)13-17/h4,6-7,13,15-16,20H,5,8-12,14H2,1-3H3,(H,26,31). The number of carbonyl (C=O) groups excluding carboxylic acids is 2. The van der Waals surface area contributed by atoms with Crippen LogP contribution in [-0.4, -0.2) is 45.4 Å². The molecule has 8 heteroatoms. The average Bonchev–Trinajstić information content (AvgIpc) is 3.37. The van der Waals surface area contributed by atoms with E-state index in [4.69, 9.17) is 4.74 Å². The third-order valence-corrected chi connectivity index (χ3v) is 6.09. The Morgan fingerprint density at radius 3 is 2.81 bits per heavy atom. The van der Waals surface area contributed by atoms with Gasteiger partial charge in [0.15, 0.2) is 0 Å². The number of nitrogens with one attached hydrogen (secondary N) is 1. The molecule has 0 aliphatic carbocycles. The van der Waals surface area contributed by atoms with Gasteiger partial charge >= 0.3 is 6.09 Å². The second kappa shape index (κ2) is 8.92. The fourth-order valence-corrected chi connectivity index (χ4v) is 4.62. The normalized spacial score (nSPS) is 20.7. The van der Waals surface area contributed by atoms with E-state index in [9.17, 15) is 14.0 Å². The molecule has 2 unspecified atom stereocenters. The summed E-state index contributed by atoms with van der Waals surface area (Å²) in [7, 11) is 0. The molecule has 2 aliphatic heterocycles. The van der Waals surface area contributed by atoms with Gasteiger partial charge < -0.3 is 15.0 Å². The summed E-state index contributed by atoms with van der Waals surface area (Å²) in [6, 6.07) is 6.38. The van der Waals surface area contributed by atoms with Crippen LogP contribution in [0.1, 0.15) is 67.7 Å². The lowest BCUT2D eigenvalue weighted by molar-refractivity contribution is 0.0515. The van der Waals surface area contributed by atoms with Crippen LogP contribution in [0.3, 0.4) is 0 Å². The van der Waals surface area contributed by atoms with Gasteiger partial charge in [-0.25, -0.2) is 9.18 Å². The van der Waals surface area contributed by atoms with Crippen LogP contribution in [-0.2, 0) is 17.7 Å². The van der Waals surface area contributed by atoms with Gasteiger partial charge in [-0.2, -0.15) is 5.10 Å². The fourth-order valence-electron chi connectivity index (χ4n) is 4.62. The lowest BCUT2D eigenvalue weighted by Gasteiger charge is -2.28. The van der Waals surface area contributed by atoms with E-state index >= 15 is 0 Å². The zero-order valence-electron chi connectivity index (χ0n) is 18.9. The molecule has 0 radical (unpaired) electrons. The SMILES string of the molecule is CC(C)(C)OC(=O)NCC1CCn2ncc(C(=O)N3CCCC3c3cccc(F)c3)c2C1. The molecular formula is C24H31FN4O3. The average molecular weight is 443 g/mol. The van der Waals surface area contributed by atoms with Crippen molar-refractivity contribution in [2.24, 2.45) is 5.92 Å². The highest BCUT2D eigenvalue weighted by Gasteiger charge is 2.34. The number of amides is 2. The van der Waals surface area contributed by atoms with Crippen molar-refractivity contribution in [2.45, 2.75) is 64.6 Å². The number of likely N-dealkylation sites (tertiary alicyclic amines) is 1. The number of benzene rings is 1. The molecule has 32 heavy (non-hydrogen) atoms. The first-order valence-electron chi connectivity index (χ1n) is 11.3. The van der Waals surface area contributed by atoms with Crippen LogP contribution in [0.15, 0.2) is 30.5 Å². The van der Waals surface area contributed by atoms with E-state index in [1.54, 1.807) is 12.3 Å². The van der Waals surface area contributed by atoms with Gasteiger partial charge in [0.05, 0.1) is 23.5 Å². The third-order valence-electron chi connectivity index (χ3n) is 6.09. The van der Waals surface area contributed by atoms with Crippen LogP contribution in [0.2, 0.25) is 0 Å². The Balaban J connectivity index is 1.45. The van der Waals surface area contributed by atoms with Crippen molar-refractivity contribution in [3.8, 4) is 0 Å². The molecule has 1 aromatic carbocycles. The molecule has 0 saturated carbocycles. The molecule has 172 valence electrons. The van der Waals surface area contributed by atoms with Gasteiger partial charge in [0.2, 0.25) is 0 Å².